The number of nitrogens with one attached hydrogen (secondary N) is 1. The molecule has 0 spiro atoms. The molecule has 0 radical (unpaired) electrons. The Morgan fingerprint density at radius 2 is 1.63 bits per heavy atom. The zero-order chi connectivity index (χ0) is 19.1. The lowest BCUT2D eigenvalue weighted by Crippen LogP contribution is -2.16. The van der Waals surface area contributed by atoms with Gasteiger partial charge in [-0.3, -0.25) is 14.4 Å². The van der Waals surface area contributed by atoms with Crippen molar-refractivity contribution in [3.05, 3.63) is 88.1 Å². The van der Waals surface area contributed by atoms with Gasteiger partial charge in [0.2, 0.25) is 0 Å². The highest BCUT2D eigenvalue weighted by Crippen LogP contribution is 2.13. The van der Waals surface area contributed by atoms with Crippen molar-refractivity contribution in [2.75, 3.05) is 11.9 Å². The van der Waals surface area contributed by atoms with Gasteiger partial charge in [-0.15, -0.1) is 0 Å². The minimum Gasteiger partial charge on any atom is -0.457 e. The Bertz CT molecular complexity index is 919. The van der Waals surface area contributed by atoms with E-state index in [0.717, 1.165) is 5.56 Å². The fourth-order valence-corrected chi connectivity index (χ4v) is 3.04. The molecular weight excluding hydrogens is 362 g/mol. The van der Waals surface area contributed by atoms with Crippen LogP contribution in [0.4, 0.5) is 5.69 Å². The summed E-state index contributed by atoms with van der Waals surface area (Å²) in [5.41, 5.74) is 2.41. The van der Waals surface area contributed by atoms with Gasteiger partial charge in [0.05, 0.1) is 6.42 Å². The van der Waals surface area contributed by atoms with Gasteiger partial charge in [0.15, 0.2) is 12.4 Å². The number of hydrogen-bond donors (Lipinski definition) is 1. The maximum Gasteiger partial charge on any atom is 0.310 e. The number of esters is 1. The molecule has 0 aliphatic rings. The number of carbonyl (C=O) groups is 3. The van der Waals surface area contributed by atoms with Crippen molar-refractivity contribution in [3.8, 4) is 0 Å². The zero-order valence-electron chi connectivity index (χ0n) is 14.4. The predicted octanol–water partition coefficient (Wildman–Crippen LogP) is 3.97. The van der Waals surface area contributed by atoms with Gasteiger partial charge in [0.1, 0.15) is 0 Å². The van der Waals surface area contributed by atoms with E-state index in [1.807, 2.05) is 22.9 Å². The molecule has 0 aliphatic carbocycles. The fourth-order valence-electron chi connectivity index (χ4n) is 2.37. The molecule has 2 aromatic carbocycles. The van der Waals surface area contributed by atoms with E-state index in [1.54, 1.807) is 48.5 Å². The zero-order valence-corrected chi connectivity index (χ0v) is 15.2. The molecule has 0 saturated heterocycles. The second-order valence-electron chi connectivity index (χ2n) is 5.79. The molecule has 0 saturated carbocycles. The molecule has 1 amide bonds. The number of ether oxygens (including phenoxy) is 1. The molecular formula is C21H17NO4S. The third kappa shape index (κ3) is 5.36. The molecule has 0 aliphatic heterocycles. The number of benzene rings is 2. The SMILES string of the molecule is O=C(Cc1ccsc1)OCC(=O)c1ccc(NC(=O)c2ccccc2)cc1. The van der Waals surface area contributed by atoms with Gasteiger partial charge in [-0.25, -0.2) is 0 Å². The number of amides is 1. The second kappa shape index (κ2) is 8.91. The molecule has 0 bridgehead atoms. The number of rotatable bonds is 7. The average Bonchev–Trinajstić information content (AvgIpc) is 3.20. The van der Waals surface area contributed by atoms with Crippen LogP contribution in [-0.2, 0) is 16.0 Å². The van der Waals surface area contributed by atoms with Gasteiger partial charge in [-0.05, 0) is 58.8 Å². The summed E-state index contributed by atoms with van der Waals surface area (Å²) in [6.07, 6.45) is 0.154. The molecule has 0 unspecified atom stereocenters. The van der Waals surface area contributed by atoms with Crippen LogP contribution in [0.1, 0.15) is 26.3 Å². The van der Waals surface area contributed by atoms with Crippen molar-refractivity contribution in [1.82, 2.24) is 0 Å². The summed E-state index contributed by atoms with van der Waals surface area (Å²) in [6, 6.07) is 17.2. The fraction of sp³-hybridized carbons (Fsp3) is 0.0952. The van der Waals surface area contributed by atoms with E-state index in [2.05, 4.69) is 5.32 Å². The Labute approximate surface area is 160 Å². The van der Waals surface area contributed by atoms with Gasteiger partial charge < -0.3 is 10.1 Å². The number of anilines is 1. The summed E-state index contributed by atoms with van der Waals surface area (Å²) >= 11 is 1.50. The van der Waals surface area contributed by atoms with Crippen LogP contribution in [-0.4, -0.2) is 24.3 Å². The van der Waals surface area contributed by atoms with E-state index < -0.39 is 5.97 Å². The van der Waals surface area contributed by atoms with Gasteiger partial charge in [0.25, 0.3) is 5.91 Å². The number of thiophene rings is 1. The molecule has 1 N–H and O–H groups in total. The molecule has 27 heavy (non-hydrogen) atoms. The molecule has 136 valence electrons. The first-order valence-electron chi connectivity index (χ1n) is 8.28. The van der Waals surface area contributed by atoms with Crippen LogP contribution in [0.3, 0.4) is 0 Å². The van der Waals surface area contributed by atoms with E-state index in [1.165, 1.54) is 11.3 Å². The van der Waals surface area contributed by atoms with Crippen molar-refractivity contribution in [1.29, 1.82) is 0 Å². The van der Waals surface area contributed by atoms with Crippen LogP contribution in [0.5, 0.6) is 0 Å². The third-order valence-electron chi connectivity index (χ3n) is 3.79. The first-order valence-corrected chi connectivity index (χ1v) is 9.22. The average molecular weight is 379 g/mol. The maximum absolute atomic E-state index is 12.1. The number of ketones is 1. The third-order valence-corrected chi connectivity index (χ3v) is 4.53. The first-order chi connectivity index (χ1) is 13.1. The molecule has 5 nitrogen and oxygen atoms in total. The van der Waals surface area contributed by atoms with Gasteiger partial charge in [-0.2, -0.15) is 11.3 Å². The van der Waals surface area contributed by atoms with E-state index in [4.69, 9.17) is 4.74 Å². The van der Waals surface area contributed by atoms with Crippen LogP contribution < -0.4 is 5.32 Å². The highest BCUT2D eigenvalue weighted by atomic mass is 32.1. The monoisotopic (exact) mass is 379 g/mol. The highest BCUT2D eigenvalue weighted by Gasteiger charge is 2.11. The quantitative estimate of drug-likeness (QED) is 0.498. The topological polar surface area (TPSA) is 72.5 Å². The van der Waals surface area contributed by atoms with Crippen LogP contribution in [0.2, 0.25) is 0 Å². The van der Waals surface area contributed by atoms with Crippen molar-refractivity contribution in [2.24, 2.45) is 0 Å². The smallest absolute Gasteiger partial charge is 0.310 e. The van der Waals surface area contributed by atoms with Crippen molar-refractivity contribution >= 4 is 34.7 Å². The Morgan fingerprint density at radius 3 is 2.30 bits per heavy atom. The lowest BCUT2D eigenvalue weighted by molar-refractivity contribution is -0.141. The van der Waals surface area contributed by atoms with E-state index in [0.29, 0.717) is 16.8 Å². The largest absolute Gasteiger partial charge is 0.457 e. The van der Waals surface area contributed by atoms with Crippen LogP contribution in [0.25, 0.3) is 0 Å². The Hall–Kier alpha value is -3.25. The summed E-state index contributed by atoms with van der Waals surface area (Å²) in [5.74, 6) is -0.958. The minimum absolute atomic E-state index is 0.154. The molecule has 1 heterocycles. The van der Waals surface area contributed by atoms with Crippen molar-refractivity contribution < 1.29 is 19.1 Å². The van der Waals surface area contributed by atoms with Gasteiger partial charge in [-0.1, -0.05) is 18.2 Å². The highest BCUT2D eigenvalue weighted by molar-refractivity contribution is 7.08. The van der Waals surface area contributed by atoms with Crippen molar-refractivity contribution in [3.63, 3.8) is 0 Å². The normalized spacial score (nSPS) is 10.2. The second-order valence-corrected chi connectivity index (χ2v) is 6.57. The summed E-state index contributed by atoms with van der Waals surface area (Å²) in [5, 5.41) is 6.51. The lowest BCUT2D eigenvalue weighted by Gasteiger charge is -2.07. The summed E-state index contributed by atoms with van der Waals surface area (Å²) in [4.78, 5) is 36.0. The van der Waals surface area contributed by atoms with E-state index in [9.17, 15) is 14.4 Å². The van der Waals surface area contributed by atoms with Crippen LogP contribution in [0.15, 0.2) is 71.4 Å². The predicted molar refractivity (Wildman–Crippen MR) is 104 cm³/mol. The van der Waals surface area contributed by atoms with Gasteiger partial charge in [0, 0.05) is 16.8 Å². The van der Waals surface area contributed by atoms with Gasteiger partial charge >= 0.3 is 5.97 Å². The van der Waals surface area contributed by atoms with Crippen LogP contribution >= 0.6 is 11.3 Å². The number of Topliss-reactive ketones (excluding diaryl/α,β-unsaturated/α-hetero) is 1. The maximum atomic E-state index is 12.1. The van der Waals surface area contributed by atoms with Crippen LogP contribution in [0, 0.1) is 0 Å². The lowest BCUT2D eigenvalue weighted by atomic mass is 10.1. The first kappa shape index (κ1) is 18.5. The molecule has 1 aromatic heterocycles. The summed E-state index contributed by atoms with van der Waals surface area (Å²) in [7, 11) is 0. The summed E-state index contributed by atoms with van der Waals surface area (Å²) < 4.78 is 5.03. The Kier molecular flexibility index (Phi) is 6.12. The Balaban J connectivity index is 1.51. The summed E-state index contributed by atoms with van der Waals surface area (Å²) in [6.45, 7) is -0.307. The van der Waals surface area contributed by atoms with Crippen molar-refractivity contribution in [2.45, 2.75) is 6.42 Å². The molecule has 0 atom stereocenters. The molecule has 0 fully saturated rings. The molecule has 3 rings (SSSR count). The Morgan fingerprint density at radius 1 is 0.889 bits per heavy atom. The van der Waals surface area contributed by atoms with E-state index in [-0.39, 0.29) is 24.7 Å². The standard InChI is InChI=1S/C21H17NO4S/c23-19(13-26-20(24)12-15-10-11-27-14-15)16-6-8-18(9-7-16)22-21(25)17-4-2-1-3-5-17/h1-11,14H,12-13H2,(H,22,25). The number of carbonyl (C=O) groups excluding carboxylic acids is 3. The molecule has 6 heteroatoms. The number of hydrogen-bond acceptors (Lipinski definition) is 5. The minimum atomic E-state index is -0.437. The molecule has 3 aromatic rings. The van der Waals surface area contributed by atoms with E-state index >= 15 is 0 Å².